The van der Waals surface area contributed by atoms with Crippen LogP contribution in [0.25, 0.3) is 0 Å². The second kappa shape index (κ2) is 42.4. The number of rotatable bonds is 0. The van der Waals surface area contributed by atoms with Gasteiger partial charge in [-0.2, -0.15) is 0 Å². The largest absolute Gasteiger partial charge is 0 e. The summed E-state index contributed by atoms with van der Waals surface area (Å²) in [7, 11) is 0. The third-order valence-electron chi connectivity index (χ3n) is 0. The van der Waals surface area contributed by atoms with Crippen LogP contribution in [0.5, 0.6) is 0 Å². The van der Waals surface area contributed by atoms with Gasteiger partial charge in [0, 0.05) is 27.9 Å². The van der Waals surface area contributed by atoms with E-state index in [1.54, 1.807) is 0 Å². The molecule has 0 atom stereocenters. The Morgan fingerprint density at radius 1 is 1.00 bits per heavy atom. The van der Waals surface area contributed by atoms with Crippen molar-refractivity contribution in [2.45, 2.75) is 0 Å². The summed E-state index contributed by atoms with van der Waals surface area (Å²) < 4.78 is 0. The first-order valence-corrected chi connectivity index (χ1v) is 0. The van der Waals surface area contributed by atoms with E-state index >= 15 is 0 Å². The van der Waals surface area contributed by atoms with Gasteiger partial charge in [-0.3, -0.25) is 0 Å². The van der Waals surface area contributed by atoms with Gasteiger partial charge in [-0.15, -0.1) is 0 Å². The Hall–Kier alpha value is 3.11. The molecule has 0 N–H and O–H groups in total. The van der Waals surface area contributed by atoms with Crippen molar-refractivity contribution in [3.63, 3.8) is 0 Å². The zero-order chi connectivity index (χ0) is 0. The SMILES string of the molecule is [AlH3].[B].[BiH3].[SiH4].[TeH2].[Zn]. The fraction of sp³-hybridized carbons (Fsp3) is 0. The normalized spacial score (nSPS) is 0. The molecular formula is H12AlBBiSiTeZn. The molecule has 0 fully saturated rings. The van der Waals surface area contributed by atoms with Gasteiger partial charge in [-0.1, -0.05) is 0 Å². The Bertz CT molecular complexity index is 15.5. The van der Waals surface area contributed by atoms with E-state index in [9.17, 15) is 0 Å². The summed E-state index contributed by atoms with van der Waals surface area (Å²) in [6, 6.07) is 0. The third-order valence-corrected chi connectivity index (χ3v) is 0. The first-order chi connectivity index (χ1) is 0. The second-order valence-electron chi connectivity index (χ2n) is 0. The van der Waals surface area contributed by atoms with Crippen LogP contribution in [0.2, 0.25) is 0 Å². The fourth-order valence-corrected chi connectivity index (χ4v) is 0. The zero-order valence-electron chi connectivity index (χ0n) is 2.49. The molecule has 0 heterocycles. The summed E-state index contributed by atoms with van der Waals surface area (Å²) in [4.78, 5) is 0. The van der Waals surface area contributed by atoms with Crippen molar-refractivity contribution in [2.75, 3.05) is 0 Å². The van der Waals surface area contributed by atoms with Crippen LogP contribution in [0.4, 0.5) is 0 Å². The molecule has 0 nitrogen and oxygen atoms in total. The van der Waals surface area contributed by atoms with Crippen molar-refractivity contribution in [1.29, 1.82) is 0 Å². The van der Waals surface area contributed by atoms with E-state index in [1.165, 1.54) is 0 Å². The van der Waals surface area contributed by atoms with Crippen molar-refractivity contribution >= 4 is 86.6 Å². The molecule has 0 saturated carbocycles. The molecule has 0 aromatic rings. The van der Waals surface area contributed by atoms with Crippen molar-refractivity contribution in [3.05, 3.63) is 0 Å². The molecular weight excluding hydrogens is 468 g/mol. The zero-order valence-corrected chi connectivity index (χ0v) is 13.8. The van der Waals surface area contributed by atoms with Crippen molar-refractivity contribution in [2.24, 2.45) is 0 Å². The maximum absolute atomic E-state index is 0. The summed E-state index contributed by atoms with van der Waals surface area (Å²) in [5, 5.41) is 0. The minimum Gasteiger partial charge on any atom is 0 e. The van der Waals surface area contributed by atoms with Gasteiger partial charge in [0.2, 0.25) is 0 Å². The Morgan fingerprint density at radius 2 is 1.00 bits per heavy atom. The molecule has 0 spiro atoms. The molecule has 0 bridgehead atoms. The first-order valence-electron chi connectivity index (χ1n) is 0. The monoisotopic (exact) mass is 481 g/mol. The first kappa shape index (κ1) is 61.9. The van der Waals surface area contributed by atoms with Crippen molar-refractivity contribution in [3.8, 4) is 0 Å². The number of hydrogen-bond donors (Lipinski definition) is 0. The minimum atomic E-state index is 0. The molecule has 0 unspecified atom stereocenters. The molecule has 0 aromatic heterocycles. The predicted molar refractivity (Wildman–Crippen MR) is 45.5 cm³/mol. The van der Waals surface area contributed by atoms with E-state index in [0.717, 1.165) is 0 Å². The van der Waals surface area contributed by atoms with Gasteiger partial charge in [-0.05, 0) is 11.0 Å². The Labute approximate surface area is 104 Å². The van der Waals surface area contributed by atoms with Crippen molar-refractivity contribution in [1.82, 2.24) is 0 Å². The molecule has 35 valence electrons. The van der Waals surface area contributed by atoms with Gasteiger partial charge in [0.15, 0.2) is 17.4 Å². The van der Waals surface area contributed by atoms with Gasteiger partial charge in [0.25, 0.3) is 0 Å². The van der Waals surface area contributed by atoms with Crippen LogP contribution >= 0.6 is 0 Å². The summed E-state index contributed by atoms with van der Waals surface area (Å²) >= 11 is 0. The Morgan fingerprint density at radius 3 is 1.00 bits per heavy atom. The average Bonchev–Trinajstić information content (AvgIpc) is 0. The van der Waals surface area contributed by atoms with E-state index in [2.05, 4.69) is 0 Å². The summed E-state index contributed by atoms with van der Waals surface area (Å²) in [6.07, 6.45) is 0. The van der Waals surface area contributed by atoms with Gasteiger partial charge in [-0.25, -0.2) is 0 Å². The Kier molecular flexibility index (Phi) is 438. The van der Waals surface area contributed by atoms with E-state index in [-0.39, 0.29) is 106 Å². The molecule has 0 aromatic carbocycles. The van der Waals surface area contributed by atoms with Crippen LogP contribution in [0.3, 0.4) is 0 Å². The predicted octanol–water partition coefficient (Wildman–Crippen LogP) is -5.12. The van der Waals surface area contributed by atoms with E-state index in [4.69, 9.17) is 0 Å². The molecule has 0 rings (SSSR count). The van der Waals surface area contributed by atoms with E-state index in [1.807, 2.05) is 0 Å². The molecule has 0 aliphatic rings. The van der Waals surface area contributed by atoms with Crippen LogP contribution in [-0.2, 0) is 19.5 Å². The fourth-order valence-electron chi connectivity index (χ4n) is 0. The van der Waals surface area contributed by atoms with Gasteiger partial charge in [0.05, 0.1) is 0 Å². The smallest absolute Gasteiger partial charge is 0 e. The average molecular weight is 480 g/mol. The summed E-state index contributed by atoms with van der Waals surface area (Å²) in [6.45, 7) is 0. The molecule has 6 heavy (non-hydrogen) atoms. The topological polar surface area (TPSA) is 0 Å². The quantitative estimate of drug-likeness (QED) is 0.305. The summed E-state index contributed by atoms with van der Waals surface area (Å²) in [5.41, 5.74) is 0. The second-order valence-corrected chi connectivity index (χ2v) is 0. The van der Waals surface area contributed by atoms with E-state index in [0.29, 0.717) is 0 Å². The van der Waals surface area contributed by atoms with Gasteiger partial charge >= 0.3 is 49.9 Å². The van der Waals surface area contributed by atoms with Crippen LogP contribution < -0.4 is 0 Å². The molecule has 0 amide bonds. The molecule has 3 radical (unpaired) electrons. The molecule has 0 aliphatic heterocycles. The van der Waals surface area contributed by atoms with Crippen molar-refractivity contribution < 1.29 is 19.5 Å². The van der Waals surface area contributed by atoms with Crippen LogP contribution in [0.15, 0.2) is 0 Å². The van der Waals surface area contributed by atoms with E-state index < -0.39 is 0 Å². The third kappa shape index (κ3) is 27.4. The van der Waals surface area contributed by atoms with Crippen LogP contribution in [-0.4, -0.2) is 86.6 Å². The van der Waals surface area contributed by atoms with Gasteiger partial charge in [0.1, 0.15) is 0 Å². The maximum atomic E-state index is 0. The Balaban J connectivity index is 0. The molecule has 6 heteroatoms. The molecule has 0 saturated heterocycles. The molecule has 0 aliphatic carbocycles. The minimum absolute atomic E-state index is 0. The standard InChI is InChI=1S/Al.B.Bi.H4Si.H2Te.Zn.6H/h;;;1H4;1H2;;;;;;;. The van der Waals surface area contributed by atoms with Gasteiger partial charge < -0.3 is 0 Å². The summed E-state index contributed by atoms with van der Waals surface area (Å²) in [5.74, 6) is 0. The number of hydrogen-bond acceptors (Lipinski definition) is 0. The van der Waals surface area contributed by atoms with Crippen LogP contribution in [0.1, 0.15) is 0 Å². The van der Waals surface area contributed by atoms with Crippen LogP contribution in [0, 0.1) is 0 Å². The maximum Gasteiger partial charge on any atom is 0 e.